The Labute approximate surface area is 133 Å². The molecule has 120 valence electrons. The van der Waals surface area contributed by atoms with E-state index >= 15 is 0 Å². The summed E-state index contributed by atoms with van der Waals surface area (Å²) in [6.07, 6.45) is 2.88. The molecular formula is C15H26N2O2S2. The standard InChI is InChI=1S/C15H26N2O2S2/c1-4-16-11-14-6-5-7-15(10-14)12-21(18,19)17-9-8-13(2)20-3/h5-7,10,13,16-17H,4,8-9,11-12H2,1-3H3. The second-order valence-electron chi connectivity index (χ2n) is 5.09. The molecule has 0 aliphatic rings. The van der Waals surface area contributed by atoms with Crippen LogP contribution in [-0.4, -0.2) is 33.0 Å². The van der Waals surface area contributed by atoms with Crippen LogP contribution in [0.3, 0.4) is 0 Å². The molecule has 2 N–H and O–H groups in total. The molecule has 1 atom stereocenters. The quantitative estimate of drug-likeness (QED) is 0.691. The van der Waals surface area contributed by atoms with Gasteiger partial charge in [0.2, 0.25) is 10.0 Å². The second-order valence-corrected chi connectivity index (χ2v) is 8.17. The lowest BCUT2D eigenvalue weighted by molar-refractivity contribution is 0.578. The molecule has 0 saturated carbocycles. The number of nitrogens with one attached hydrogen (secondary N) is 2. The monoisotopic (exact) mass is 330 g/mol. The first-order valence-corrected chi connectivity index (χ1v) is 10.2. The molecular weight excluding hydrogens is 304 g/mol. The molecule has 0 aliphatic heterocycles. The van der Waals surface area contributed by atoms with Crippen LogP contribution in [-0.2, 0) is 22.3 Å². The van der Waals surface area contributed by atoms with E-state index in [-0.39, 0.29) is 5.75 Å². The maximum absolute atomic E-state index is 12.1. The van der Waals surface area contributed by atoms with Crippen molar-refractivity contribution >= 4 is 21.8 Å². The molecule has 0 fully saturated rings. The largest absolute Gasteiger partial charge is 0.313 e. The minimum absolute atomic E-state index is 0.0423. The van der Waals surface area contributed by atoms with Gasteiger partial charge in [0.1, 0.15) is 0 Å². The third-order valence-corrected chi connectivity index (χ3v) is 5.60. The number of sulfonamides is 1. The van der Waals surface area contributed by atoms with E-state index in [0.717, 1.165) is 30.6 Å². The molecule has 0 saturated heterocycles. The van der Waals surface area contributed by atoms with E-state index in [9.17, 15) is 8.42 Å². The minimum Gasteiger partial charge on any atom is -0.313 e. The zero-order valence-corrected chi connectivity index (χ0v) is 14.7. The third-order valence-electron chi connectivity index (χ3n) is 3.20. The maximum Gasteiger partial charge on any atom is 0.215 e. The summed E-state index contributed by atoms with van der Waals surface area (Å²) in [6, 6.07) is 7.73. The number of benzene rings is 1. The molecule has 0 aliphatic carbocycles. The molecule has 1 unspecified atom stereocenters. The molecule has 0 radical (unpaired) electrons. The van der Waals surface area contributed by atoms with Crippen LogP contribution in [0.5, 0.6) is 0 Å². The van der Waals surface area contributed by atoms with Gasteiger partial charge in [-0.25, -0.2) is 13.1 Å². The number of thioether (sulfide) groups is 1. The molecule has 6 heteroatoms. The van der Waals surface area contributed by atoms with Crippen LogP contribution < -0.4 is 10.0 Å². The van der Waals surface area contributed by atoms with Gasteiger partial charge in [0.15, 0.2) is 0 Å². The van der Waals surface area contributed by atoms with Gasteiger partial charge in [0.05, 0.1) is 5.75 Å². The van der Waals surface area contributed by atoms with E-state index in [1.54, 1.807) is 11.8 Å². The van der Waals surface area contributed by atoms with Crippen molar-refractivity contribution < 1.29 is 8.42 Å². The molecule has 1 aromatic rings. The van der Waals surface area contributed by atoms with Crippen molar-refractivity contribution in [3.63, 3.8) is 0 Å². The van der Waals surface area contributed by atoms with Gasteiger partial charge < -0.3 is 5.32 Å². The third kappa shape index (κ3) is 7.85. The summed E-state index contributed by atoms with van der Waals surface area (Å²) in [6.45, 7) is 6.32. The number of rotatable bonds is 10. The van der Waals surface area contributed by atoms with E-state index in [0.29, 0.717) is 11.8 Å². The Morgan fingerprint density at radius 3 is 2.67 bits per heavy atom. The SMILES string of the molecule is CCNCc1cccc(CS(=O)(=O)NCCC(C)SC)c1. The van der Waals surface area contributed by atoms with Crippen LogP contribution in [0.2, 0.25) is 0 Å². The molecule has 0 amide bonds. The Hall–Kier alpha value is -0.560. The number of hydrogen-bond donors (Lipinski definition) is 2. The summed E-state index contributed by atoms with van der Waals surface area (Å²) < 4.78 is 26.8. The summed E-state index contributed by atoms with van der Waals surface area (Å²) in [5.41, 5.74) is 1.94. The van der Waals surface area contributed by atoms with Gasteiger partial charge in [-0.2, -0.15) is 11.8 Å². The summed E-state index contributed by atoms with van der Waals surface area (Å²) in [5.74, 6) is 0.0423. The van der Waals surface area contributed by atoms with Crippen molar-refractivity contribution in [2.45, 2.75) is 37.8 Å². The molecule has 1 aromatic carbocycles. The first-order valence-electron chi connectivity index (χ1n) is 7.25. The van der Waals surface area contributed by atoms with Crippen molar-refractivity contribution in [3.05, 3.63) is 35.4 Å². The highest BCUT2D eigenvalue weighted by Crippen LogP contribution is 2.11. The lowest BCUT2D eigenvalue weighted by atomic mass is 10.1. The fraction of sp³-hybridized carbons (Fsp3) is 0.600. The summed E-state index contributed by atoms with van der Waals surface area (Å²) in [7, 11) is -3.26. The van der Waals surface area contributed by atoms with Crippen LogP contribution in [0.25, 0.3) is 0 Å². The minimum atomic E-state index is -3.26. The van der Waals surface area contributed by atoms with Crippen LogP contribution >= 0.6 is 11.8 Å². The highest BCUT2D eigenvalue weighted by Gasteiger charge is 2.12. The Bertz CT molecular complexity index is 518. The molecule has 0 bridgehead atoms. The molecule has 0 spiro atoms. The highest BCUT2D eigenvalue weighted by molar-refractivity contribution is 7.99. The molecule has 4 nitrogen and oxygen atoms in total. The van der Waals surface area contributed by atoms with Crippen LogP contribution in [0.15, 0.2) is 24.3 Å². The summed E-state index contributed by atoms with van der Waals surface area (Å²) in [4.78, 5) is 0. The predicted molar refractivity (Wildman–Crippen MR) is 92.0 cm³/mol. The first-order chi connectivity index (χ1) is 9.96. The zero-order valence-electron chi connectivity index (χ0n) is 13.1. The smallest absolute Gasteiger partial charge is 0.215 e. The van der Waals surface area contributed by atoms with Gasteiger partial charge in [-0.05, 0) is 30.3 Å². The van der Waals surface area contributed by atoms with Crippen molar-refractivity contribution in [1.29, 1.82) is 0 Å². The average Bonchev–Trinajstić information content (AvgIpc) is 2.44. The Balaban J connectivity index is 2.54. The molecule has 0 heterocycles. The fourth-order valence-electron chi connectivity index (χ4n) is 1.90. The summed E-state index contributed by atoms with van der Waals surface area (Å²) in [5, 5.41) is 3.71. The van der Waals surface area contributed by atoms with Crippen molar-refractivity contribution in [2.75, 3.05) is 19.3 Å². The van der Waals surface area contributed by atoms with Crippen molar-refractivity contribution in [2.24, 2.45) is 0 Å². The molecule has 1 rings (SSSR count). The van der Waals surface area contributed by atoms with Crippen molar-refractivity contribution in [3.8, 4) is 0 Å². The topological polar surface area (TPSA) is 58.2 Å². The van der Waals surface area contributed by atoms with E-state index in [2.05, 4.69) is 17.0 Å². The first kappa shape index (κ1) is 18.5. The maximum atomic E-state index is 12.1. The number of hydrogen-bond acceptors (Lipinski definition) is 4. The van der Waals surface area contributed by atoms with Gasteiger partial charge in [-0.3, -0.25) is 0 Å². The van der Waals surface area contributed by atoms with Gasteiger partial charge in [-0.1, -0.05) is 38.1 Å². The highest BCUT2D eigenvalue weighted by atomic mass is 32.2. The second kappa shape index (κ2) is 9.46. The zero-order chi connectivity index (χ0) is 15.7. The van der Waals surface area contributed by atoms with Crippen LogP contribution in [0.4, 0.5) is 0 Å². The van der Waals surface area contributed by atoms with Gasteiger partial charge in [0.25, 0.3) is 0 Å². The van der Waals surface area contributed by atoms with Crippen LogP contribution in [0.1, 0.15) is 31.4 Å². The van der Waals surface area contributed by atoms with Crippen LogP contribution in [0, 0.1) is 0 Å². The summed E-state index contributed by atoms with van der Waals surface area (Å²) >= 11 is 1.75. The van der Waals surface area contributed by atoms with Gasteiger partial charge in [-0.15, -0.1) is 0 Å². The Kier molecular flexibility index (Phi) is 8.33. The normalized spacial score (nSPS) is 13.3. The van der Waals surface area contributed by atoms with E-state index in [4.69, 9.17) is 0 Å². The van der Waals surface area contributed by atoms with Crippen molar-refractivity contribution in [1.82, 2.24) is 10.0 Å². The van der Waals surface area contributed by atoms with Gasteiger partial charge >= 0.3 is 0 Å². The molecule has 0 aromatic heterocycles. The molecule has 21 heavy (non-hydrogen) atoms. The lowest BCUT2D eigenvalue weighted by Crippen LogP contribution is -2.27. The predicted octanol–water partition coefficient (Wildman–Crippen LogP) is 2.36. The van der Waals surface area contributed by atoms with E-state index < -0.39 is 10.0 Å². The fourth-order valence-corrected chi connectivity index (χ4v) is 3.41. The Morgan fingerprint density at radius 2 is 2.00 bits per heavy atom. The average molecular weight is 331 g/mol. The lowest BCUT2D eigenvalue weighted by Gasteiger charge is -2.10. The van der Waals surface area contributed by atoms with E-state index in [1.165, 1.54) is 0 Å². The Morgan fingerprint density at radius 1 is 1.29 bits per heavy atom. The van der Waals surface area contributed by atoms with Gasteiger partial charge in [0, 0.05) is 18.3 Å². The van der Waals surface area contributed by atoms with E-state index in [1.807, 2.05) is 37.4 Å².